The molecule has 1 rings (SSSR count). The van der Waals surface area contributed by atoms with Gasteiger partial charge in [-0.1, -0.05) is 15.9 Å². The van der Waals surface area contributed by atoms with E-state index >= 15 is 0 Å². The first-order valence-corrected chi connectivity index (χ1v) is 7.98. The molecule has 1 aromatic carbocycles. The number of rotatable bonds is 5. The van der Waals surface area contributed by atoms with Gasteiger partial charge in [0.25, 0.3) is 5.91 Å². The van der Waals surface area contributed by atoms with Gasteiger partial charge in [0.15, 0.2) is 0 Å². The lowest BCUT2D eigenvalue weighted by molar-refractivity contribution is 0.0935. The summed E-state index contributed by atoms with van der Waals surface area (Å²) >= 11 is 3.13. The summed E-state index contributed by atoms with van der Waals surface area (Å²) in [5, 5.41) is 2.68. The van der Waals surface area contributed by atoms with Gasteiger partial charge in [0.1, 0.15) is 5.82 Å². The molecule has 0 fully saturated rings. The molecule has 0 aromatic heterocycles. The standard InChI is InChI=1S/C12H15BrFNO2S/c1-8(5-6-18(2)17)15-12(16)10-4-3-9(13)7-11(10)14/h3-4,7-8H,5-6H2,1-2H3,(H,15,16). The molecule has 0 aliphatic heterocycles. The molecule has 1 N–H and O–H groups in total. The molecule has 0 saturated heterocycles. The van der Waals surface area contributed by atoms with Crippen molar-refractivity contribution in [2.24, 2.45) is 0 Å². The first-order valence-electron chi connectivity index (χ1n) is 5.46. The van der Waals surface area contributed by atoms with Crippen molar-refractivity contribution in [1.82, 2.24) is 5.32 Å². The van der Waals surface area contributed by atoms with Gasteiger partial charge in [-0.15, -0.1) is 0 Å². The third-order valence-electron chi connectivity index (χ3n) is 2.39. The fraction of sp³-hybridized carbons (Fsp3) is 0.417. The smallest absolute Gasteiger partial charge is 0.254 e. The molecule has 0 heterocycles. The van der Waals surface area contributed by atoms with Crippen molar-refractivity contribution >= 4 is 32.6 Å². The van der Waals surface area contributed by atoms with E-state index in [0.717, 1.165) is 0 Å². The first-order chi connectivity index (χ1) is 8.40. The molecule has 0 aliphatic rings. The Hall–Kier alpha value is -0.750. The van der Waals surface area contributed by atoms with E-state index in [9.17, 15) is 13.4 Å². The maximum absolute atomic E-state index is 13.5. The summed E-state index contributed by atoms with van der Waals surface area (Å²) in [5.74, 6) is -0.493. The second-order valence-electron chi connectivity index (χ2n) is 4.06. The van der Waals surface area contributed by atoms with Gasteiger partial charge in [0.2, 0.25) is 0 Å². The molecule has 1 amide bonds. The van der Waals surface area contributed by atoms with E-state index in [2.05, 4.69) is 21.2 Å². The lowest BCUT2D eigenvalue weighted by Crippen LogP contribution is -2.34. The van der Waals surface area contributed by atoms with E-state index in [1.165, 1.54) is 12.1 Å². The van der Waals surface area contributed by atoms with Gasteiger partial charge in [-0.2, -0.15) is 0 Å². The van der Waals surface area contributed by atoms with Crippen LogP contribution in [0.25, 0.3) is 0 Å². The maximum atomic E-state index is 13.5. The van der Waals surface area contributed by atoms with E-state index < -0.39 is 22.5 Å². The van der Waals surface area contributed by atoms with Crippen LogP contribution >= 0.6 is 15.9 Å². The van der Waals surface area contributed by atoms with Crippen molar-refractivity contribution in [3.05, 3.63) is 34.1 Å². The van der Waals surface area contributed by atoms with E-state index in [1.54, 1.807) is 12.3 Å². The number of benzene rings is 1. The quantitative estimate of drug-likeness (QED) is 0.898. The molecule has 2 atom stereocenters. The fourth-order valence-electron chi connectivity index (χ4n) is 1.39. The van der Waals surface area contributed by atoms with E-state index in [1.807, 2.05) is 6.92 Å². The van der Waals surface area contributed by atoms with Crippen molar-refractivity contribution in [2.45, 2.75) is 19.4 Å². The van der Waals surface area contributed by atoms with E-state index in [4.69, 9.17) is 0 Å². The molecule has 0 bridgehead atoms. The number of carbonyl (C=O) groups is 1. The molecule has 100 valence electrons. The Bertz CT molecular complexity index is 467. The first kappa shape index (κ1) is 15.3. The Morgan fingerprint density at radius 2 is 2.22 bits per heavy atom. The monoisotopic (exact) mass is 335 g/mol. The largest absolute Gasteiger partial charge is 0.349 e. The van der Waals surface area contributed by atoms with Crippen molar-refractivity contribution in [1.29, 1.82) is 0 Å². The van der Waals surface area contributed by atoms with Gasteiger partial charge in [-0.25, -0.2) is 4.39 Å². The Kier molecular flexibility index (Phi) is 5.95. The van der Waals surface area contributed by atoms with Gasteiger partial charge in [0.05, 0.1) is 5.56 Å². The Morgan fingerprint density at radius 3 is 2.78 bits per heavy atom. The SMILES string of the molecule is CC(CCS(C)=O)NC(=O)c1ccc(Br)cc1F. The second-order valence-corrected chi connectivity index (χ2v) is 6.53. The molecular weight excluding hydrogens is 321 g/mol. The van der Waals surface area contributed by atoms with Crippen molar-refractivity contribution in [3.63, 3.8) is 0 Å². The molecule has 0 aliphatic carbocycles. The zero-order valence-corrected chi connectivity index (χ0v) is 12.6. The summed E-state index contributed by atoms with van der Waals surface area (Å²) in [6.45, 7) is 1.81. The maximum Gasteiger partial charge on any atom is 0.254 e. The van der Waals surface area contributed by atoms with Crippen molar-refractivity contribution in [3.8, 4) is 0 Å². The van der Waals surface area contributed by atoms with Gasteiger partial charge in [-0.05, 0) is 31.5 Å². The molecule has 6 heteroatoms. The van der Waals surface area contributed by atoms with E-state index in [0.29, 0.717) is 16.6 Å². The highest BCUT2D eigenvalue weighted by Crippen LogP contribution is 2.15. The van der Waals surface area contributed by atoms with Crippen LogP contribution in [0.2, 0.25) is 0 Å². The average Bonchev–Trinajstić information content (AvgIpc) is 2.26. The molecule has 1 aromatic rings. The molecular formula is C12H15BrFNO2S. The van der Waals surface area contributed by atoms with Crippen molar-refractivity contribution in [2.75, 3.05) is 12.0 Å². The van der Waals surface area contributed by atoms with Crippen LogP contribution in [0.5, 0.6) is 0 Å². The Labute approximate surface area is 117 Å². The van der Waals surface area contributed by atoms with Gasteiger partial charge in [0, 0.05) is 33.3 Å². The molecule has 3 nitrogen and oxygen atoms in total. The van der Waals surface area contributed by atoms with Crippen LogP contribution in [0.4, 0.5) is 4.39 Å². The average molecular weight is 336 g/mol. The molecule has 0 spiro atoms. The van der Waals surface area contributed by atoms with Crippen LogP contribution in [0, 0.1) is 5.82 Å². The molecule has 18 heavy (non-hydrogen) atoms. The predicted molar refractivity (Wildman–Crippen MR) is 74.6 cm³/mol. The van der Waals surface area contributed by atoms with Crippen molar-refractivity contribution < 1.29 is 13.4 Å². The summed E-state index contributed by atoms with van der Waals surface area (Å²) in [5.41, 5.74) is 0.0164. The van der Waals surface area contributed by atoms with Crippen LogP contribution < -0.4 is 5.32 Å². The zero-order chi connectivity index (χ0) is 13.7. The van der Waals surface area contributed by atoms with Crippen LogP contribution in [0.3, 0.4) is 0 Å². The van der Waals surface area contributed by atoms with Crippen LogP contribution in [-0.4, -0.2) is 28.2 Å². The summed E-state index contributed by atoms with van der Waals surface area (Å²) in [6, 6.07) is 4.16. The van der Waals surface area contributed by atoms with E-state index in [-0.39, 0.29) is 11.6 Å². The topological polar surface area (TPSA) is 46.2 Å². The predicted octanol–water partition coefficient (Wildman–Crippen LogP) is 2.48. The fourth-order valence-corrected chi connectivity index (χ4v) is 2.41. The lowest BCUT2D eigenvalue weighted by Gasteiger charge is -2.13. The third kappa shape index (κ3) is 4.86. The summed E-state index contributed by atoms with van der Waals surface area (Å²) in [7, 11) is -0.885. The summed E-state index contributed by atoms with van der Waals surface area (Å²) in [4.78, 5) is 11.8. The minimum absolute atomic E-state index is 0.0164. The number of nitrogens with one attached hydrogen (secondary N) is 1. The lowest BCUT2D eigenvalue weighted by atomic mass is 10.1. The third-order valence-corrected chi connectivity index (χ3v) is 3.70. The Morgan fingerprint density at radius 1 is 1.56 bits per heavy atom. The minimum atomic E-state index is -0.885. The zero-order valence-electron chi connectivity index (χ0n) is 10.2. The second kappa shape index (κ2) is 6.99. The molecule has 2 unspecified atom stereocenters. The van der Waals surface area contributed by atoms with Crippen LogP contribution in [-0.2, 0) is 10.8 Å². The molecule has 0 saturated carbocycles. The van der Waals surface area contributed by atoms with Gasteiger partial charge in [-0.3, -0.25) is 9.00 Å². The summed E-state index contributed by atoms with van der Waals surface area (Å²) in [6.07, 6.45) is 2.22. The highest BCUT2D eigenvalue weighted by molar-refractivity contribution is 9.10. The Balaban J connectivity index is 2.62. The van der Waals surface area contributed by atoms with Gasteiger partial charge < -0.3 is 5.32 Å². The minimum Gasteiger partial charge on any atom is -0.349 e. The number of carbonyl (C=O) groups excluding carboxylic acids is 1. The van der Waals surface area contributed by atoms with Crippen LogP contribution in [0.15, 0.2) is 22.7 Å². The number of halogens is 2. The summed E-state index contributed by atoms with van der Waals surface area (Å²) < 4.78 is 25.0. The number of hydrogen-bond donors (Lipinski definition) is 1. The highest BCUT2D eigenvalue weighted by Gasteiger charge is 2.14. The normalized spacial score (nSPS) is 14.0. The highest BCUT2D eigenvalue weighted by atomic mass is 79.9. The number of amides is 1. The molecule has 0 radical (unpaired) electrons. The number of hydrogen-bond acceptors (Lipinski definition) is 2. The van der Waals surface area contributed by atoms with Gasteiger partial charge >= 0.3 is 0 Å². The van der Waals surface area contributed by atoms with Crippen LogP contribution in [0.1, 0.15) is 23.7 Å².